The molecule has 0 aromatic heterocycles. The van der Waals surface area contributed by atoms with Crippen LogP contribution in [-0.2, 0) is 4.79 Å². The first-order valence-corrected chi connectivity index (χ1v) is 6.10. The number of hydrogen-bond donors (Lipinski definition) is 4. The van der Waals surface area contributed by atoms with Gasteiger partial charge >= 0.3 is 12.0 Å². The molecule has 3 amide bonds. The minimum absolute atomic E-state index is 0.0166. The van der Waals surface area contributed by atoms with Gasteiger partial charge in [-0.15, -0.1) is 0 Å². The Morgan fingerprint density at radius 2 is 1.85 bits per heavy atom. The lowest BCUT2D eigenvalue weighted by Gasteiger charge is -2.10. The van der Waals surface area contributed by atoms with Gasteiger partial charge in [0.05, 0.1) is 16.3 Å². The molecule has 0 aliphatic heterocycles. The van der Waals surface area contributed by atoms with Gasteiger partial charge in [0.1, 0.15) is 0 Å². The van der Waals surface area contributed by atoms with Crippen LogP contribution in [-0.4, -0.2) is 36.1 Å². The van der Waals surface area contributed by atoms with Crippen molar-refractivity contribution in [2.75, 3.05) is 18.4 Å². The average molecular weight is 300 g/mol. The average Bonchev–Trinajstić information content (AvgIpc) is 2.37. The van der Waals surface area contributed by atoms with Crippen LogP contribution in [0, 0.1) is 0 Å². The van der Waals surface area contributed by atoms with Crippen molar-refractivity contribution in [3.8, 4) is 0 Å². The monoisotopic (exact) mass is 299 g/mol. The molecule has 8 heteroatoms. The van der Waals surface area contributed by atoms with E-state index in [-0.39, 0.29) is 28.7 Å². The van der Waals surface area contributed by atoms with Crippen molar-refractivity contribution in [1.29, 1.82) is 0 Å². The zero-order chi connectivity index (χ0) is 15.1. The van der Waals surface area contributed by atoms with Gasteiger partial charge in [-0.1, -0.05) is 11.6 Å². The fourth-order valence-electron chi connectivity index (χ4n) is 1.34. The van der Waals surface area contributed by atoms with E-state index in [9.17, 15) is 14.4 Å². The van der Waals surface area contributed by atoms with E-state index in [1.54, 1.807) is 0 Å². The lowest BCUT2D eigenvalue weighted by Crippen LogP contribution is -2.36. The summed E-state index contributed by atoms with van der Waals surface area (Å²) in [5.41, 5.74) is 0.214. The highest BCUT2D eigenvalue weighted by Crippen LogP contribution is 2.22. The van der Waals surface area contributed by atoms with E-state index in [0.717, 1.165) is 0 Å². The van der Waals surface area contributed by atoms with Crippen molar-refractivity contribution < 1.29 is 19.5 Å². The maximum Gasteiger partial charge on any atom is 0.335 e. The second kappa shape index (κ2) is 7.34. The van der Waals surface area contributed by atoms with Crippen molar-refractivity contribution in [1.82, 2.24) is 10.6 Å². The first-order valence-electron chi connectivity index (χ1n) is 5.72. The van der Waals surface area contributed by atoms with Crippen molar-refractivity contribution in [2.45, 2.75) is 6.92 Å². The minimum Gasteiger partial charge on any atom is -0.478 e. The summed E-state index contributed by atoms with van der Waals surface area (Å²) in [5.74, 6) is -1.31. The standard InChI is InChI=1S/C12H14ClN3O4/c1-7(17)14-4-5-15-12(20)16-10-6-8(11(18)19)2-3-9(10)13/h2-3,6H,4-5H2,1H3,(H,14,17)(H,18,19)(H2,15,16,20). The van der Waals surface area contributed by atoms with E-state index in [2.05, 4.69) is 16.0 Å². The van der Waals surface area contributed by atoms with Crippen molar-refractivity contribution in [3.05, 3.63) is 28.8 Å². The summed E-state index contributed by atoms with van der Waals surface area (Å²) >= 11 is 5.86. The van der Waals surface area contributed by atoms with Gasteiger partial charge in [-0.05, 0) is 18.2 Å². The van der Waals surface area contributed by atoms with Crippen LogP contribution in [0.1, 0.15) is 17.3 Å². The lowest BCUT2D eigenvalue weighted by molar-refractivity contribution is -0.118. The zero-order valence-corrected chi connectivity index (χ0v) is 11.5. The Labute approximate surface area is 120 Å². The van der Waals surface area contributed by atoms with Crippen molar-refractivity contribution >= 4 is 35.2 Å². The fourth-order valence-corrected chi connectivity index (χ4v) is 1.50. The fraction of sp³-hybridized carbons (Fsp3) is 0.250. The Balaban J connectivity index is 2.55. The molecule has 4 N–H and O–H groups in total. The van der Waals surface area contributed by atoms with Gasteiger partial charge in [-0.3, -0.25) is 4.79 Å². The number of nitrogens with one attached hydrogen (secondary N) is 3. The third-order valence-electron chi connectivity index (χ3n) is 2.25. The largest absolute Gasteiger partial charge is 0.478 e. The summed E-state index contributed by atoms with van der Waals surface area (Å²) in [5, 5.41) is 16.5. The second-order valence-electron chi connectivity index (χ2n) is 3.86. The minimum atomic E-state index is -1.12. The molecule has 0 atom stereocenters. The molecule has 1 rings (SSSR count). The number of amides is 3. The third kappa shape index (κ3) is 5.15. The number of carbonyl (C=O) groups is 3. The first-order chi connectivity index (χ1) is 9.40. The number of carboxylic acid groups (broad SMARTS) is 1. The molecule has 0 unspecified atom stereocenters. The van der Waals surface area contributed by atoms with Gasteiger partial charge in [-0.25, -0.2) is 9.59 Å². The molecule has 20 heavy (non-hydrogen) atoms. The SMILES string of the molecule is CC(=O)NCCNC(=O)Nc1cc(C(=O)O)ccc1Cl. The summed E-state index contributed by atoms with van der Waals surface area (Å²) in [4.78, 5) is 33.0. The van der Waals surface area contributed by atoms with Gasteiger partial charge in [0.2, 0.25) is 5.91 Å². The van der Waals surface area contributed by atoms with E-state index in [1.807, 2.05) is 0 Å². The zero-order valence-electron chi connectivity index (χ0n) is 10.7. The van der Waals surface area contributed by atoms with E-state index in [0.29, 0.717) is 6.54 Å². The number of urea groups is 1. The second-order valence-corrected chi connectivity index (χ2v) is 4.27. The summed E-state index contributed by atoms with van der Waals surface area (Å²) in [6, 6.07) is 3.44. The molecule has 0 saturated heterocycles. The van der Waals surface area contributed by atoms with Crippen molar-refractivity contribution in [2.24, 2.45) is 0 Å². The van der Waals surface area contributed by atoms with Crippen molar-refractivity contribution in [3.63, 3.8) is 0 Å². The highest BCUT2D eigenvalue weighted by molar-refractivity contribution is 6.33. The molecule has 0 aliphatic carbocycles. The van der Waals surface area contributed by atoms with Crippen LogP contribution in [0.25, 0.3) is 0 Å². The van der Waals surface area contributed by atoms with Crippen LogP contribution < -0.4 is 16.0 Å². The molecule has 1 aromatic rings. The highest BCUT2D eigenvalue weighted by atomic mass is 35.5. The molecule has 0 fully saturated rings. The van der Waals surface area contributed by atoms with E-state index in [1.165, 1.54) is 25.1 Å². The van der Waals surface area contributed by atoms with Gasteiger partial charge in [-0.2, -0.15) is 0 Å². The number of carboxylic acids is 1. The number of halogens is 1. The number of rotatable bonds is 5. The number of benzene rings is 1. The van der Waals surface area contributed by atoms with E-state index >= 15 is 0 Å². The predicted molar refractivity (Wildman–Crippen MR) is 74.1 cm³/mol. The topological polar surface area (TPSA) is 108 Å². The van der Waals surface area contributed by atoms with Gasteiger partial charge in [0.15, 0.2) is 0 Å². The molecule has 0 aliphatic rings. The first kappa shape index (κ1) is 15.8. The summed E-state index contributed by atoms with van der Waals surface area (Å²) in [6.45, 7) is 1.91. The normalized spacial score (nSPS) is 9.70. The quantitative estimate of drug-likeness (QED) is 0.615. The summed E-state index contributed by atoms with van der Waals surface area (Å²) in [7, 11) is 0. The Bertz CT molecular complexity index is 533. The van der Waals surface area contributed by atoms with Crippen LogP contribution in [0.15, 0.2) is 18.2 Å². The third-order valence-corrected chi connectivity index (χ3v) is 2.58. The molecule has 0 radical (unpaired) electrons. The van der Waals surface area contributed by atoms with E-state index < -0.39 is 12.0 Å². The number of carbonyl (C=O) groups excluding carboxylic acids is 2. The van der Waals surface area contributed by atoms with Gasteiger partial charge in [0.25, 0.3) is 0 Å². The predicted octanol–water partition coefficient (Wildman–Crippen LogP) is 1.30. The Hall–Kier alpha value is -2.28. The van der Waals surface area contributed by atoms with Crippen LogP contribution in [0.3, 0.4) is 0 Å². The van der Waals surface area contributed by atoms with Crippen LogP contribution >= 0.6 is 11.6 Å². The maximum absolute atomic E-state index is 11.5. The van der Waals surface area contributed by atoms with Crippen LogP contribution in [0.5, 0.6) is 0 Å². The molecule has 108 valence electrons. The number of anilines is 1. The Morgan fingerprint density at radius 3 is 2.45 bits per heavy atom. The van der Waals surface area contributed by atoms with Gasteiger partial charge in [0, 0.05) is 20.0 Å². The summed E-state index contributed by atoms with van der Waals surface area (Å²) < 4.78 is 0. The molecule has 0 heterocycles. The number of hydrogen-bond acceptors (Lipinski definition) is 3. The molecule has 1 aromatic carbocycles. The highest BCUT2D eigenvalue weighted by Gasteiger charge is 2.09. The van der Waals surface area contributed by atoms with Gasteiger partial charge < -0.3 is 21.1 Å². The summed E-state index contributed by atoms with van der Waals surface area (Å²) in [6.07, 6.45) is 0. The Morgan fingerprint density at radius 1 is 1.20 bits per heavy atom. The van der Waals surface area contributed by atoms with Crippen LogP contribution in [0.4, 0.5) is 10.5 Å². The molecular weight excluding hydrogens is 286 g/mol. The maximum atomic E-state index is 11.5. The van der Waals surface area contributed by atoms with Crippen LogP contribution in [0.2, 0.25) is 5.02 Å². The molecular formula is C12H14ClN3O4. The van der Waals surface area contributed by atoms with E-state index in [4.69, 9.17) is 16.7 Å². The number of aromatic carboxylic acids is 1. The molecule has 0 spiro atoms. The Kier molecular flexibility index (Phi) is 5.79. The lowest BCUT2D eigenvalue weighted by atomic mass is 10.2. The molecule has 7 nitrogen and oxygen atoms in total. The molecule has 0 bridgehead atoms. The molecule has 0 saturated carbocycles. The smallest absolute Gasteiger partial charge is 0.335 e.